The number of rotatable bonds is 12. The fourth-order valence-electron chi connectivity index (χ4n) is 4.51. The van der Waals surface area contributed by atoms with Crippen LogP contribution in [-0.4, -0.2) is 50.4 Å². The van der Waals surface area contributed by atoms with E-state index < -0.39 is 23.8 Å². The number of carbonyl (C=O) groups excluding carboxylic acids is 4. The van der Waals surface area contributed by atoms with Gasteiger partial charge in [-0.15, -0.1) is 0 Å². The first-order valence-electron chi connectivity index (χ1n) is 15.2. The van der Waals surface area contributed by atoms with Gasteiger partial charge in [0.1, 0.15) is 23.0 Å². The molecule has 0 fully saturated rings. The molecule has 12 nitrogen and oxygen atoms in total. The van der Waals surface area contributed by atoms with Gasteiger partial charge in [0, 0.05) is 31.2 Å². The monoisotopic (exact) mass is 826 g/mol. The average molecular weight is 828 g/mol. The SMILES string of the molecule is COc1ccc(C(=O)N/N=C\c2cc(Br)ccc2OC(=O)c2ccccc2C(=O)Oc2ccc(Br)cc2/C=N\NC(=O)c2ccc(OC)cc2)cc1. The number of ether oxygens (including phenoxy) is 4. The topological polar surface area (TPSA) is 154 Å². The van der Waals surface area contributed by atoms with E-state index in [0.29, 0.717) is 42.7 Å². The zero-order valence-corrected chi connectivity index (χ0v) is 30.6. The van der Waals surface area contributed by atoms with Crippen molar-refractivity contribution in [2.75, 3.05) is 14.2 Å². The van der Waals surface area contributed by atoms with Crippen LogP contribution in [0.15, 0.2) is 128 Å². The van der Waals surface area contributed by atoms with Gasteiger partial charge >= 0.3 is 11.9 Å². The Bertz CT molecular complexity index is 2020. The van der Waals surface area contributed by atoms with Gasteiger partial charge in [0.25, 0.3) is 11.8 Å². The Kier molecular flexibility index (Phi) is 12.6. The Labute approximate surface area is 314 Å². The molecule has 0 saturated carbocycles. The smallest absolute Gasteiger partial charge is 0.344 e. The highest BCUT2D eigenvalue weighted by molar-refractivity contribution is 9.10. The molecule has 0 saturated heterocycles. The number of halogens is 2. The van der Waals surface area contributed by atoms with Gasteiger partial charge in [-0.05, 0) is 97.1 Å². The molecule has 0 atom stereocenters. The van der Waals surface area contributed by atoms with Gasteiger partial charge in [0.15, 0.2) is 0 Å². The van der Waals surface area contributed by atoms with Crippen LogP contribution in [0.4, 0.5) is 0 Å². The van der Waals surface area contributed by atoms with Crippen molar-refractivity contribution in [3.05, 3.63) is 152 Å². The van der Waals surface area contributed by atoms with Gasteiger partial charge in [-0.25, -0.2) is 20.4 Å². The van der Waals surface area contributed by atoms with E-state index in [2.05, 4.69) is 52.9 Å². The first-order valence-corrected chi connectivity index (χ1v) is 16.8. The number of nitrogens with one attached hydrogen (secondary N) is 2. The fourth-order valence-corrected chi connectivity index (χ4v) is 5.27. The van der Waals surface area contributed by atoms with E-state index in [9.17, 15) is 19.2 Å². The van der Waals surface area contributed by atoms with Crippen LogP contribution in [0.3, 0.4) is 0 Å². The zero-order valence-electron chi connectivity index (χ0n) is 27.5. The fraction of sp³-hybridized carbons (Fsp3) is 0.0526. The van der Waals surface area contributed by atoms with E-state index >= 15 is 0 Å². The lowest BCUT2D eigenvalue weighted by atomic mass is 10.1. The molecule has 14 heteroatoms. The first-order chi connectivity index (χ1) is 25.1. The summed E-state index contributed by atoms with van der Waals surface area (Å²) >= 11 is 6.78. The second-order valence-corrected chi connectivity index (χ2v) is 12.4. The van der Waals surface area contributed by atoms with Crippen LogP contribution < -0.4 is 29.8 Å². The van der Waals surface area contributed by atoms with Crippen LogP contribution in [0.25, 0.3) is 0 Å². The van der Waals surface area contributed by atoms with Crippen LogP contribution in [-0.2, 0) is 0 Å². The number of hydrazone groups is 2. The summed E-state index contributed by atoms with van der Waals surface area (Å²) in [6.07, 6.45) is 2.65. The van der Waals surface area contributed by atoms with Crippen molar-refractivity contribution in [2.24, 2.45) is 10.2 Å². The predicted molar refractivity (Wildman–Crippen MR) is 201 cm³/mol. The minimum Gasteiger partial charge on any atom is -0.497 e. The standard InChI is InChI=1S/C38H28Br2N4O8/c1-49-29-13-7-23(8-14-29)35(45)43-41-21-25-19-27(39)11-17-33(25)51-37(47)31-5-3-4-6-32(31)38(48)52-34-18-12-28(40)20-26(34)22-42-44-36(46)24-9-15-30(50-2)16-10-24/h3-22H,1-2H3,(H,43,45)(H,44,46)/b41-21-,42-22-. The van der Waals surface area contributed by atoms with Crippen molar-refractivity contribution in [1.82, 2.24) is 10.9 Å². The number of nitrogens with zero attached hydrogens (tertiary/aromatic N) is 2. The zero-order chi connectivity index (χ0) is 37.0. The summed E-state index contributed by atoms with van der Waals surface area (Å²) in [4.78, 5) is 52.0. The van der Waals surface area contributed by atoms with Crippen LogP contribution in [0, 0.1) is 0 Å². The molecule has 2 N–H and O–H groups in total. The number of hydrogen-bond donors (Lipinski definition) is 2. The molecular weight excluding hydrogens is 800 g/mol. The molecule has 0 unspecified atom stereocenters. The van der Waals surface area contributed by atoms with Gasteiger partial charge in [-0.1, -0.05) is 44.0 Å². The predicted octanol–water partition coefficient (Wildman–Crippen LogP) is 7.20. The third-order valence-electron chi connectivity index (χ3n) is 7.16. The normalized spacial score (nSPS) is 10.8. The lowest BCUT2D eigenvalue weighted by Gasteiger charge is -2.12. The van der Waals surface area contributed by atoms with Crippen molar-refractivity contribution >= 4 is 68.0 Å². The minimum atomic E-state index is -0.842. The Morgan fingerprint density at radius 3 is 1.31 bits per heavy atom. The molecule has 0 aromatic heterocycles. The second-order valence-electron chi connectivity index (χ2n) is 10.5. The molecule has 0 spiro atoms. The number of carbonyl (C=O) groups is 4. The molecule has 0 aliphatic heterocycles. The molecule has 0 aliphatic rings. The van der Waals surface area contributed by atoms with E-state index in [1.807, 2.05) is 0 Å². The van der Waals surface area contributed by atoms with Crippen LogP contribution in [0.2, 0.25) is 0 Å². The number of hydrogen-bond acceptors (Lipinski definition) is 10. The summed E-state index contributed by atoms with van der Waals surface area (Å²) in [5.74, 6) is -1.17. The summed E-state index contributed by atoms with van der Waals surface area (Å²) in [5.41, 5.74) is 6.18. The van der Waals surface area contributed by atoms with E-state index in [-0.39, 0.29) is 22.6 Å². The van der Waals surface area contributed by atoms with Gasteiger partial charge in [-0.2, -0.15) is 10.2 Å². The van der Waals surface area contributed by atoms with Crippen LogP contribution in [0.1, 0.15) is 52.6 Å². The summed E-state index contributed by atoms with van der Waals surface area (Å²) in [7, 11) is 3.05. The highest BCUT2D eigenvalue weighted by Crippen LogP contribution is 2.26. The van der Waals surface area contributed by atoms with Gasteiger partial charge < -0.3 is 18.9 Å². The highest BCUT2D eigenvalue weighted by atomic mass is 79.9. The Balaban J connectivity index is 1.29. The Morgan fingerprint density at radius 2 is 0.942 bits per heavy atom. The maximum absolute atomic E-state index is 13.5. The summed E-state index contributed by atoms with van der Waals surface area (Å²) < 4.78 is 22.9. The van der Waals surface area contributed by atoms with Crippen molar-refractivity contribution in [1.29, 1.82) is 0 Å². The summed E-state index contributed by atoms with van der Waals surface area (Å²) in [6, 6.07) is 28.7. The van der Waals surface area contributed by atoms with Gasteiger partial charge in [-0.3, -0.25) is 9.59 Å². The highest BCUT2D eigenvalue weighted by Gasteiger charge is 2.22. The van der Waals surface area contributed by atoms with E-state index in [0.717, 1.165) is 0 Å². The average Bonchev–Trinajstić information content (AvgIpc) is 3.16. The largest absolute Gasteiger partial charge is 0.497 e. The minimum absolute atomic E-state index is 0.0646. The third-order valence-corrected chi connectivity index (χ3v) is 8.15. The molecule has 0 radical (unpaired) electrons. The molecule has 5 rings (SSSR count). The van der Waals surface area contributed by atoms with E-state index in [1.54, 1.807) is 84.9 Å². The lowest BCUT2D eigenvalue weighted by molar-refractivity contribution is 0.0691. The molecule has 5 aromatic carbocycles. The quantitative estimate of drug-likeness (QED) is 0.0580. The van der Waals surface area contributed by atoms with Gasteiger partial charge in [0.05, 0.1) is 37.8 Å². The number of benzene rings is 5. The van der Waals surface area contributed by atoms with Crippen LogP contribution in [0.5, 0.6) is 23.0 Å². The van der Waals surface area contributed by atoms with E-state index in [4.69, 9.17) is 18.9 Å². The Hall–Kier alpha value is -6.12. The molecule has 0 bridgehead atoms. The molecule has 52 heavy (non-hydrogen) atoms. The van der Waals surface area contributed by atoms with Crippen LogP contribution >= 0.6 is 31.9 Å². The van der Waals surface area contributed by atoms with Gasteiger partial charge in [0.2, 0.25) is 0 Å². The number of methoxy groups -OCH3 is 2. The van der Waals surface area contributed by atoms with E-state index in [1.165, 1.54) is 50.9 Å². The molecule has 0 aliphatic carbocycles. The molecule has 0 heterocycles. The molecule has 2 amide bonds. The molecular formula is C38H28Br2N4O8. The number of amides is 2. The van der Waals surface area contributed by atoms with Crippen molar-refractivity contribution < 1.29 is 38.1 Å². The summed E-state index contributed by atoms with van der Waals surface area (Å²) in [6.45, 7) is 0. The Morgan fingerprint density at radius 1 is 0.558 bits per heavy atom. The third kappa shape index (κ3) is 9.77. The number of esters is 2. The second kappa shape index (κ2) is 17.7. The molecule has 262 valence electrons. The van der Waals surface area contributed by atoms with Crippen molar-refractivity contribution in [2.45, 2.75) is 0 Å². The first kappa shape index (κ1) is 37.1. The molecule has 5 aromatic rings. The van der Waals surface area contributed by atoms with Crippen molar-refractivity contribution in [3.8, 4) is 23.0 Å². The lowest BCUT2D eigenvalue weighted by Crippen LogP contribution is -2.19. The van der Waals surface area contributed by atoms with Crippen molar-refractivity contribution in [3.63, 3.8) is 0 Å². The summed E-state index contributed by atoms with van der Waals surface area (Å²) in [5, 5.41) is 8.04. The maximum Gasteiger partial charge on any atom is 0.344 e. The maximum atomic E-state index is 13.5.